The molecule has 4 aliphatic rings. The van der Waals surface area contributed by atoms with Crippen LogP contribution >= 0.6 is 0 Å². The lowest BCUT2D eigenvalue weighted by molar-refractivity contribution is -0.149. The van der Waals surface area contributed by atoms with Crippen LogP contribution in [0.5, 0.6) is 0 Å². The number of carbonyl (C=O) groups excluding carboxylic acids is 5. The van der Waals surface area contributed by atoms with Crippen molar-refractivity contribution < 1.29 is 33.1 Å². The third-order valence-corrected chi connectivity index (χ3v) is 12.0. The van der Waals surface area contributed by atoms with E-state index in [2.05, 4.69) is 20.1 Å². The van der Waals surface area contributed by atoms with E-state index in [-0.39, 0.29) is 67.3 Å². The first-order valence-corrected chi connectivity index (χ1v) is 20.7. The summed E-state index contributed by atoms with van der Waals surface area (Å²) in [5.41, 5.74) is 3.95. The number of hydrogen-bond acceptors (Lipinski definition) is 12. The monoisotopic (exact) mass is 828 g/mol. The summed E-state index contributed by atoms with van der Waals surface area (Å²) in [6, 6.07) is 20.5. The van der Waals surface area contributed by atoms with Crippen molar-refractivity contribution in [1.29, 1.82) is 0 Å². The molecule has 0 radical (unpaired) electrons. The summed E-state index contributed by atoms with van der Waals surface area (Å²) >= 11 is 0. The Bertz CT molecular complexity index is 2540. The van der Waals surface area contributed by atoms with Crippen LogP contribution < -0.4 is 15.1 Å². The Balaban J connectivity index is 0.752. The van der Waals surface area contributed by atoms with Crippen LogP contribution in [0.1, 0.15) is 64.4 Å². The number of benzene rings is 2. The molecule has 0 spiro atoms. The predicted octanol–water partition coefficient (Wildman–Crippen LogP) is 4.18. The molecule has 2 atom stereocenters. The van der Waals surface area contributed by atoms with Gasteiger partial charge in [0, 0.05) is 58.4 Å². The molecule has 3 fully saturated rings. The SMILES string of the molecule is CN1C(=O)CCC(N2C(=O)c3cccc(NCCOCCC(=O)N4CCN(c5cccc(-c6cnc7ccc(N8CCC[C@@H]8c8cccc(F)c8)nn67)n5)CC4)c3C2=O)C1=O. The maximum atomic E-state index is 14.1. The van der Waals surface area contributed by atoms with Gasteiger partial charge in [0.05, 0.1) is 48.7 Å². The number of imidazole rings is 1. The number of hydrogen-bond donors (Lipinski definition) is 1. The van der Waals surface area contributed by atoms with Crippen molar-refractivity contribution in [3.05, 3.63) is 102 Å². The highest BCUT2D eigenvalue weighted by molar-refractivity contribution is 6.25. The second kappa shape index (κ2) is 16.7. The number of carbonyl (C=O) groups is 5. The Morgan fingerprint density at radius 2 is 1.69 bits per heavy atom. The number of fused-ring (bicyclic) bond motifs is 2. The number of anilines is 3. The van der Waals surface area contributed by atoms with Gasteiger partial charge < -0.3 is 24.8 Å². The maximum Gasteiger partial charge on any atom is 0.264 e. The average Bonchev–Trinajstić information content (AvgIpc) is 4.01. The number of nitrogens with zero attached hydrogens (tertiary/aromatic N) is 9. The largest absolute Gasteiger partial charge is 0.382 e. The normalized spacial score (nSPS) is 19.4. The van der Waals surface area contributed by atoms with Crippen molar-refractivity contribution in [3.63, 3.8) is 0 Å². The molecule has 3 saturated heterocycles. The second-order valence-electron chi connectivity index (χ2n) is 15.6. The van der Waals surface area contributed by atoms with Crippen LogP contribution in [0.2, 0.25) is 0 Å². The number of piperazine rings is 1. The van der Waals surface area contributed by atoms with Crippen LogP contribution in [-0.2, 0) is 19.1 Å². The summed E-state index contributed by atoms with van der Waals surface area (Å²) < 4.78 is 21.7. The van der Waals surface area contributed by atoms with Crippen molar-refractivity contribution in [3.8, 4) is 11.4 Å². The van der Waals surface area contributed by atoms with Gasteiger partial charge in [-0.1, -0.05) is 24.3 Å². The fourth-order valence-electron chi connectivity index (χ4n) is 8.77. The van der Waals surface area contributed by atoms with Gasteiger partial charge in [-0.15, -0.1) is 5.10 Å². The van der Waals surface area contributed by atoms with Gasteiger partial charge in [0.25, 0.3) is 17.7 Å². The van der Waals surface area contributed by atoms with E-state index in [4.69, 9.17) is 14.8 Å². The number of aromatic nitrogens is 4. The van der Waals surface area contributed by atoms with Gasteiger partial charge in [-0.3, -0.25) is 33.8 Å². The van der Waals surface area contributed by atoms with Crippen LogP contribution in [0.25, 0.3) is 17.0 Å². The molecule has 5 aromatic rings. The summed E-state index contributed by atoms with van der Waals surface area (Å²) in [6.07, 6.45) is 4.05. The number of imide groups is 2. The highest BCUT2D eigenvalue weighted by Gasteiger charge is 2.47. The summed E-state index contributed by atoms with van der Waals surface area (Å²) in [7, 11) is 1.36. The van der Waals surface area contributed by atoms with Gasteiger partial charge in [0.15, 0.2) is 5.65 Å². The molecule has 5 amide bonds. The van der Waals surface area contributed by atoms with E-state index in [9.17, 15) is 28.4 Å². The zero-order valence-electron chi connectivity index (χ0n) is 33.7. The molecule has 314 valence electrons. The maximum absolute atomic E-state index is 14.1. The van der Waals surface area contributed by atoms with E-state index in [1.54, 1.807) is 36.5 Å². The Kier molecular flexibility index (Phi) is 10.9. The number of nitrogens with one attached hydrogen (secondary N) is 1. The molecule has 16 nitrogen and oxygen atoms in total. The standard InChI is InChI=1S/C44H45FN10O6/c1-50-39(56)16-13-34(43(50)59)54-42(58)30-8-3-10-32(41(30)44(54)60)46-18-25-61-24-17-40(57)52-22-20-51(21-23-52)37-12-4-9-31(48-37)35-27-47-36-14-15-38(49-55(35)36)53-19-5-11-33(53)28-6-2-7-29(45)26-28/h2-4,6-10,12,14-15,26-27,33-34,46H,5,11,13,16-25H2,1H3/t33-,34?/m1/s1. The second-order valence-corrected chi connectivity index (χ2v) is 15.6. The van der Waals surface area contributed by atoms with Crippen molar-refractivity contribution in [2.75, 3.05) is 74.6 Å². The molecular weight excluding hydrogens is 784 g/mol. The number of rotatable bonds is 12. The van der Waals surface area contributed by atoms with Crippen molar-refractivity contribution in [2.45, 2.75) is 44.2 Å². The minimum absolute atomic E-state index is 0.00532. The number of likely N-dealkylation sites (tertiary alicyclic amines) is 1. The topological polar surface area (TPSA) is 166 Å². The van der Waals surface area contributed by atoms with E-state index in [0.717, 1.165) is 57.8 Å². The van der Waals surface area contributed by atoms with Gasteiger partial charge >= 0.3 is 0 Å². The van der Waals surface area contributed by atoms with Gasteiger partial charge in [-0.05, 0) is 73.4 Å². The molecule has 7 heterocycles. The van der Waals surface area contributed by atoms with Crippen LogP contribution in [0, 0.1) is 5.82 Å². The van der Waals surface area contributed by atoms with Crippen LogP contribution in [0.4, 0.5) is 21.7 Å². The van der Waals surface area contributed by atoms with E-state index in [1.807, 2.05) is 45.8 Å². The fourth-order valence-corrected chi connectivity index (χ4v) is 8.77. The number of amides is 5. The molecule has 3 aromatic heterocycles. The molecule has 1 N–H and O–H groups in total. The molecule has 9 rings (SSSR count). The molecular formula is C44H45FN10O6. The van der Waals surface area contributed by atoms with E-state index >= 15 is 0 Å². The van der Waals surface area contributed by atoms with Crippen LogP contribution in [0.15, 0.2) is 79.0 Å². The fraction of sp³-hybridized carbons (Fsp3) is 0.364. The third-order valence-electron chi connectivity index (χ3n) is 12.0. The number of halogens is 1. The number of piperidine rings is 1. The molecule has 0 bridgehead atoms. The highest BCUT2D eigenvalue weighted by Crippen LogP contribution is 2.36. The Hall–Kier alpha value is -6.75. The molecule has 4 aliphatic heterocycles. The number of pyridine rings is 1. The van der Waals surface area contributed by atoms with Crippen molar-refractivity contribution in [1.82, 2.24) is 34.3 Å². The smallest absolute Gasteiger partial charge is 0.264 e. The third kappa shape index (κ3) is 7.65. The van der Waals surface area contributed by atoms with Crippen molar-refractivity contribution in [2.24, 2.45) is 0 Å². The highest BCUT2D eigenvalue weighted by atomic mass is 19.1. The number of ether oxygens (including phenoxy) is 1. The lowest BCUT2D eigenvalue weighted by Gasteiger charge is -2.35. The summed E-state index contributed by atoms with van der Waals surface area (Å²) in [6.45, 7) is 3.91. The van der Waals surface area contributed by atoms with Crippen LogP contribution in [0.3, 0.4) is 0 Å². The molecule has 2 aromatic carbocycles. The molecule has 0 saturated carbocycles. The van der Waals surface area contributed by atoms with Crippen molar-refractivity contribution >= 4 is 52.5 Å². The summed E-state index contributed by atoms with van der Waals surface area (Å²) in [5.74, 6) is -0.707. The average molecular weight is 829 g/mol. The first-order chi connectivity index (χ1) is 29.7. The molecule has 1 unspecified atom stereocenters. The summed E-state index contributed by atoms with van der Waals surface area (Å²) in [4.78, 5) is 82.3. The van der Waals surface area contributed by atoms with Gasteiger partial charge in [-0.2, -0.15) is 0 Å². The lowest BCUT2D eigenvalue weighted by Crippen LogP contribution is -2.54. The molecule has 17 heteroatoms. The van der Waals surface area contributed by atoms with Gasteiger partial charge in [-0.25, -0.2) is 18.9 Å². The Morgan fingerprint density at radius 3 is 2.52 bits per heavy atom. The Morgan fingerprint density at radius 1 is 0.869 bits per heavy atom. The molecule has 0 aliphatic carbocycles. The van der Waals surface area contributed by atoms with E-state index in [1.165, 1.54) is 13.1 Å². The predicted molar refractivity (Wildman–Crippen MR) is 222 cm³/mol. The minimum Gasteiger partial charge on any atom is -0.382 e. The van der Waals surface area contributed by atoms with Gasteiger partial charge in [0.2, 0.25) is 11.8 Å². The lowest BCUT2D eigenvalue weighted by atomic mass is 10.0. The van der Waals surface area contributed by atoms with E-state index < -0.39 is 23.8 Å². The van der Waals surface area contributed by atoms with Crippen LogP contribution in [-0.4, -0.2) is 129 Å². The minimum atomic E-state index is -1.03. The first-order valence-electron chi connectivity index (χ1n) is 20.7. The Labute approximate surface area is 350 Å². The zero-order valence-corrected chi connectivity index (χ0v) is 33.7. The number of likely N-dealkylation sites (N-methyl/N-ethyl adjacent to an activating group) is 1. The van der Waals surface area contributed by atoms with Gasteiger partial charge in [0.1, 0.15) is 29.2 Å². The van der Waals surface area contributed by atoms with E-state index in [0.29, 0.717) is 44.1 Å². The summed E-state index contributed by atoms with van der Waals surface area (Å²) in [5, 5.41) is 8.15. The quantitative estimate of drug-likeness (QED) is 0.141. The zero-order chi connectivity index (χ0) is 42.2. The first kappa shape index (κ1) is 39.7. The molecule has 61 heavy (non-hydrogen) atoms.